The quantitative estimate of drug-likeness (QED) is 0.752. The van der Waals surface area contributed by atoms with Crippen molar-refractivity contribution < 1.29 is 9.64 Å². The van der Waals surface area contributed by atoms with E-state index >= 15 is 0 Å². The highest BCUT2D eigenvalue weighted by atomic mass is 16.5. The molecule has 1 fully saturated rings. The topological polar surface area (TPSA) is 13.7 Å². The molecule has 1 aromatic carbocycles. The summed E-state index contributed by atoms with van der Waals surface area (Å²) >= 11 is 0. The van der Waals surface area contributed by atoms with Gasteiger partial charge in [0, 0.05) is 12.8 Å². The van der Waals surface area contributed by atoms with Gasteiger partial charge < -0.3 is 9.64 Å². The number of benzene rings is 1. The SMILES string of the molecule is C[NH+]1CCC[C@@H]1/C=C/COc1ccccc1. The average Bonchev–Trinajstić information content (AvgIpc) is 2.72. The predicted molar refractivity (Wildman–Crippen MR) is 65.9 cm³/mol. The number of hydrogen-bond acceptors (Lipinski definition) is 1. The van der Waals surface area contributed by atoms with Gasteiger partial charge in [-0.2, -0.15) is 0 Å². The van der Waals surface area contributed by atoms with Crippen LogP contribution in [0, 0.1) is 0 Å². The third-order valence-corrected chi connectivity index (χ3v) is 3.18. The highest BCUT2D eigenvalue weighted by Gasteiger charge is 2.21. The lowest BCUT2D eigenvalue weighted by Gasteiger charge is -2.11. The zero-order valence-electron chi connectivity index (χ0n) is 9.86. The van der Waals surface area contributed by atoms with Gasteiger partial charge in [0.2, 0.25) is 0 Å². The van der Waals surface area contributed by atoms with E-state index in [0.717, 1.165) is 5.75 Å². The zero-order chi connectivity index (χ0) is 11.2. The molecule has 0 saturated carbocycles. The van der Waals surface area contributed by atoms with Crippen LogP contribution in [-0.4, -0.2) is 26.2 Å². The Hall–Kier alpha value is -1.28. The number of para-hydroxylation sites is 1. The lowest BCUT2D eigenvalue weighted by molar-refractivity contribution is -0.885. The van der Waals surface area contributed by atoms with Crippen LogP contribution >= 0.6 is 0 Å². The molecule has 0 bridgehead atoms. The first-order chi connectivity index (χ1) is 7.86. The number of ether oxygens (including phenoxy) is 1. The normalized spacial score (nSPS) is 25.1. The van der Waals surface area contributed by atoms with Gasteiger partial charge in [0.25, 0.3) is 0 Å². The first kappa shape index (κ1) is 11.2. The summed E-state index contributed by atoms with van der Waals surface area (Å²) in [6.45, 7) is 1.97. The lowest BCUT2D eigenvalue weighted by atomic mass is 10.2. The maximum atomic E-state index is 5.60. The lowest BCUT2D eigenvalue weighted by Crippen LogP contribution is -3.10. The standard InChI is InChI=1S/C14H19NO/c1-15-11-5-7-13(15)8-6-12-16-14-9-3-2-4-10-14/h2-4,6,8-10,13H,5,7,11-12H2,1H3/p+1/b8-6+/t13-/m1/s1. The van der Waals surface area contributed by atoms with Crippen LogP contribution in [0.5, 0.6) is 5.75 Å². The van der Waals surface area contributed by atoms with Crippen molar-refractivity contribution in [1.29, 1.82) is 0 Å². The van der Waals surface area contributed by atoms with E-state index in [9.17, 15) is 0 Å². The molecule has 1 aliphatic heterocycles. The van der Waals surface area contributed by atoms with Crippen LogP contribution in [0.2, 0.25) is 0 Å². The number of likely N-dealkylation sites (N-methyl/N-ethyl adjacent to an activating group) is 1. The molecule has 1 heterocycles. The van der Waals surface area contributed by atoms with Crippen LogP contribution in [0.3, 0.4) is 0 Å². The van der Waals surface area contributed by atoms with E-state index in [1.165, 1.54) is 19.4 Å². The summed E-state index contributed by atoms with van der Waals surface area (Å²) in [4.78, 5) is 1.62. The molecule has 0 aliphatic carbocycles. The van der Waals surface area contributed by atoms with Crippen molar-refractivity contribution in [3.8, 4) is 5.75 Å². The Balaban J connectivity index is 1.73. The van der Waals surface area contributed by atoms with Gasteiger partial charge in [-0.15, -0.1) is 0 Å². The molecule has 86 valence electrons. The minimum absolute atomic E-state index is 0.674. The highest BCUT2D eigenvalue weighted by Crippen LogP contribution is 2.08. The number of likely N-dealkylation sites (tertiary alicyclic amines) is 1. The maximum Gasteiger partial charge on any atom is 0.119 e. The second-order valence-corrected chi connectivity index (χ2v) is 4.40. The molecule has 1 unspecified atom stereocenters. The largest absolute Gasteiger partial charge is 0.490 e. The van der Waals surface area contributed by atoms with Crippen molar-refractivity contribution in [1.82, 2.24) is 0 Å². The van der Waals surface area contributed by atoms with Gasteiger partial charge in [0.05, 0.1) is 13.6 Å². The second kappa shape index (κ2) is 5.71. The number of hydrogen-bond donors (Lipinski definition) is 1. The summed E-state index contributed by atoms with van der Waals surface area (Å²) in [5.41, 5.74) is 0. The van der Waals surface area contributed by atoms with Crippen molar-refractivity contribution in [3.63, 3.8) is 0 Å². The maximum absolute atomic E-state index is 5.60. The fourth-order valence-corrected chi connectivity index (χ4v) is 2.17. The molecule has 1 N–H and O–H groups in total. The monoisotopic (exact) mass is 218 g/mol. The fraction of sp³-hybridized carbons (Fsp3) is 0.429. The van der Waals surface area contributed by atoms with E-state index in [2.05, 4.69) is 19.2 Å². The Morgan fingerprint density at radius 1 is 1.38 bits per heavy atom. The average molecular weight is 218 g/mol. The summed E-state index contributed by atoms with van der Waals surface area (Å²) in [5, 5.41) is 0. The summed E-state index contributed by atoms with van der Waals surface area (Å²) in [6, 6.07) is 10.7. The van der Waals surface area contributed by atoms with E-state index < -0.39 is 0 Å². The van der Waals surface area contributed by atoms with Gasteiger partial charge in [0.15, 0.2) is 0 Å². The number of nitrogens with one attached hydrogen (secondary N) is 1. The van der Waals surface area contributed by atoms with Gasteiger partial charge in [-0.1, -0.05) is 18.2 Å². The van der Waals surface area contributed by atoms with Gasteiger partial charge >= 0.3 is 0 Å². The molecule has 0 amide bonds. The minimum Gasteiger partial charge on any atom is -0.490 e. The van der Waals surface area contributed by atoms with Crippen LogP contribution in [0.15, 0.2) is 42.5 Å². The Bertz CT molecular complexity index is 334. The Morgan fingerprint density at radius 2 is 2.19 bits per heavy atom. The third kappa shape index (κ3) is 3.11. The van der Waals surface area contributed by atoms with Crippen LogP contribution in [-0.2, 0) is 0 Å². The second-order valence-electron chi connectivity index (χ2n) is 4.40. The van der Waals surface area contributed by atoms with Crippen molar-refractivity contribution in [2.75, 3.05) is 20.2 Å². The molecular formula is C14H20NO+. The first-order valence-corrected chi connectivity index (χ1v) is 6.03. The molecule has 0 radical (unpaired) electrons. The number of rotatable bonds is 4. The summed E-state index contributed by atoms with van der Waals surface area (Å²) < 4.78 is 5.60. The molecule has 2 heteroatoms. The predicted octanol–water partition coefficient (Wildman–Crippen LogP) is 1.30. The molecule has 16 heavy (non-hydrogen) atoms. The van der Waals surface area contributed by atoms with Crippen molar-refractivity contribution in [3.05, 3.63) is 42.5 Å². The fourth-order valence-electron chi connectivity index (χ4n) is 2.17. The molecule has 2 rings (SSSR count). The molecule has 1 saturated heterocycles. The molecule has 2 atom stereocenters. The minimum atomic E-state index is 0.674. The Labute approximate surface area is 97.5 Å². The zero-order valence-corrected chi connectivity index (χ0v) is 9.86. The van der Waals surface area contributed by atoms with E-state index in [4.69, 9.17) is 4.74 Å². The van der Waals surface area contributed by atoms with E-state index in [1.54, 1.807) is 4.90 Å². The van der Waals surface area contributed by atoms with E-state index in [0.29, 0.717) is 12.6 Å². The smallest absolute Gasteiger partial charge is 0.119 e. The summed E-state index contributed by atoms with van der Waals surface area (Å²) in [5.74, 6) is 0.944. The van der Waals surface area contributed by atoms with Crippen molar-refractivity contribution in [2.45, 2.75) is 18.9 Å². The van der Waals surface area contributed by atoms with Gasteiger partial charge in [0.1, 0.15) is 18.4 Å². The third-order valence-electron chi connectivity index (χ3n) is 3.18. The molecular weight excluding hydrogens is 198 g/mol. The Kier molecular flexibility index (Phi) is 4.00. The molecule has 0 spiro atoms. The first-order valence-electron chi connectivity index (χ1n) is 6.03. The van der Waals surface area contributed by atoms with Crippen molar-refractivity contribution in [2.24, 2.45) is 0 Å². The van der Waals surface area contributed by atoms with Gasteiger partial charge in [-0.3, -0.25) is 0 Å². The van der Waals surface area contributed by atoms with Crippen LogP contribution in [0.1, 0.15) is 12.8 Å². The highest BCUT2D eigenvalue weighted by molar-refractivity contribution is 5.21. The molecule has 1 aliphatic rings. The van der Waals surface area contributed by atoms with Crippen molar-refractivity contribution >= 4 is 0 Å². The Morgan fingerprint density at radius 3 is 2.88 bits per heavy atom. The molecule has 2 nitrogen and oxygen atoms in total. The summed E-state index contributed by atoms with van der Waals surface area (Å²) in [6.07, 6.45) is 7.10. The van der Waals surface area contributed by atoms with Crippen LogP contribution in [0.25, 0.3) is 0 Å². The molecule has 0 aromatic heterocycles. The van der Waals surface area contributed by atoms with Gasteiger partial charge in [-0.05, 0) is 24.3 Å². The van der Waals surface area contributed by atoms with E-state index in [1.807, 2.05) is 30.3 Å². The van der Waals surface area contributed by atoms with Gasteiger partial charge in [-0.25, -0.2) is 0 Å². The van der Waals surface area contributed by atoms with E-state index in [-0.39, 0.29) is 0 Å². The molecule has 1 aromatic rings. The number of quaternary nitrogens is 1. The summed E-state index contributed by atoms with van der Waals surface area (Å²) in [7, 11) is 2.26. The van der Waals surface area contributed by atoms with Crippen LogP contribution < -0.4 is 9.64 Å². The van der Waals surface area contributed by atoms with Crippen LogP contribution in [0.4, 0.5) is 0 Å².